The molecule has 0 spiro atoms. The van der Waals surface area contributed by atoms with Gasteiger partial charge < -0.3 is 10.2 Å². The van der Waals surface area contributed by atoms with Gasteiger partial charge in [-0.25, -0.2) is 4.39 Å². The van der Waals surface area contributed by atoms with Gasteiger partial charge in [0.25, 0.3) is 0 Å². The third-order valence-electron chi connectivity index (χ3n) is 3.65. The largest absolute Gasteiger partial charge is 0.361 e. The van der Waals surface area contributed by atoms with E-state index in [9.17, 15) is 4.39 Å². The standard InChI is InChI=1S/C16H16BrFN2/c17-14-10-13(18)6-7-15(14)20-9-8-19-11-16(20)12-4-2-1-3-5-12/h1-7,10,16,19H,8-9,11H2. The zero-order valence-corrected chi connectivity index (χ0v) is 12.6. The second kappa shape index (κ2) is 5.94. The van der Waals surface area contributed by atoms with Crippen LogP contribution in [0.15, 0.2) is 53.0 Å². The molecule has 0 amide bonds. The van der Waals surface area contributed by atoms with Crippen LogP contribution >= 0.6 is 15.9 Å². The van der Waals surface area contributed by atoms with E-state index in [1.807, 2.05) is 12.1 Å². The number of anilines is 1. The van der Waals surface area contributed by atoms with E-state index >= 15 is 0 Å². The fraction of sp³-hybridized carbons (Fsp3) is 0.250. The van der Waals surface area contributed by atoms with E-state index in [1.165, 1.54) is 17.7 Å². The van der Waals surface area contributed by atoms with Gasteiger partial charge in [-0.05, 0) is 39.7 Å². The molecule has 1 N–H and O–H groups in total. The Balaban J connectivity index is 1.97. The van der Waals surface area contributed by atoms with Crippen LogP contribution in [0.2, 0.25) is 0 Å². The summed E-state index contributed by atoms with van der Waals surface area (Å²) in [6.45, 7) is 2.74. The summed E-state index contributed by atoms with van der Waals surface area (Å²) in [5.41, 5.74) is 2.32. The molecule has 1 saturated heterocycles. The molecule has 0 bridgehead atoms. The Morgan fingerprint density at radius 3 is 2.70 bits per heavy atom. The number of benzene rings is 2. The summed E-state index contributed by atoms with van der Waals surface area (Å²) in [5, 5.41) is 3.43. The normalized spacial score (nSPS) is 19.1. The summed E-state index contributed by atoms with van der Waals surface area (Å²) in [6.07, 6.45) is 0. The van der Waals surface area contributed by atoms with Crippen molar-refractivity contribution in [2.75, 3.05) is 24.5 Å². The van der Waals surface area contributed by atoms with Crippen molar-refractivity contribution in [3.8, 4) is 0 Å². The van der Waals surface area contributed by atoms with Crippen LogP contribution in [0.1, 0.15) is 11.6 Å². The van der Waals surface area contributed by atoms with Crippen molar-refractivity contribution >= 4 is 21.6 Å². The average molecular weight is 335 g/mol. The maximum atomic E-state index is 13.3. The molecule has 0 aromatic heterocycles. The van der Waals surface area contributed by atoms with Crippen LogP contribution in [-0.2, 0) is 0 Å². The summed E-state index contributed by atoms with van der Waals surface area (Å²) in [7, 11) is 0. The highest BCUT2D eigenvalue weighted by molar-refractivity contribution is 9.10. The molecule has 1 aliphatic heterocycles. The molecule has 4 heteroatoms. The van der Waals surface area contributed by atoms with E-state index in [-0.39, 0.29) is 11.9 Å². The molecule has 20 heavy (non-hydrogen) atoms. The molecule has 1 heterocycles. The van der Waals surface area contributed by atoms with E-state index in [1.54, 1.807) is 0 Å². The van der Waals surface area contributed by atoms with Crippen LogP contribution < -0.4 is 10.2 Å². The quantitative estimate of drug-likeness (QED) is 0.899. The molecule has 104 valence electrons. The van der Waals surface area contributed by atoms with Gasteiger partial charge in [-0.3, -0.25) is 0 Å². The average Bonchev–Trinajstić information content (AvgIpc) is 2.48. The minimum Gasteiger partial charge on any atom is -0.361 e. The maximum absolute atomic E-state index is 13.3. The first kappa shape index (κ1) is 13.6. The number of nitrogens with one attached hydrogen (secondary N) is 1. The van der Waals surface area contributed by atoms with Crippen LogP contribution in [0, 0.1) is 5.82 Å². The van der Waals surface area contributed by atoms with Crippen molar-refractivity contribution in [3.05, 3.63) is 64.4 Å². The summed E-state index contributed by atoms with van der Waals surface area (Å²) < 4.78 is 14.1. The molecular formula is C16H16BrFN2. The molecule has 3 rings (SSSR count). The monoisotopic (exact) mass is 334 g/mol. The van der Waals surface area contributed by atoms with E-state index in [0.29, 0.717) is 0 Å². The Labute approximate surface area is 126 Å². The Morgan fingerprint density at radius 1 is 1.15 bits per heavy atom. The lowest BCUT2D eigenvalue weighted by molar-refractivity contribution is 0.489. The van der Waals surface area contributed by atoms with Crippen LogP contribution in [0.5, 0.6) is 0 Å². The molecule has 2 aromatic carbocycles. The smallest absolute Gasteiger partial charge is 0.124 e. The zero-order valence-electron chi connectivity index (χ0n) is 11.0. The molecule has 0 aliphatic carbocycles. The number of hydrogen-bond donors (Lipinski definition) is 1. The highest BCUT2D eigenvalue weighted by Crippen LogP contribution is 2.34. The summed E-state index contributed by atoms with van der Waals surface area (Å²) in [4.78, 5) is 2.33. The second-order valence-corrected chi connectivity index (χ2v) is 5.77. The number of nitrogens with zero attached hydrogens (tertiary/aromatic N) is 1. The predicted molar refractivity (Wildman–Crippen MR) is 83.5 cm³/mol. The van der Waals surface area contributed by atoms with Crippen molar-refractivity contribution in [2.24, 2.45) is 0 Å². The Morgan fingerprint density at radius 2 is 1.95 bits per heavy atom. The first-order valence-corrected chi connectivity index (χ1v) is 7.52. The van der Waals surface area contributed by atoms with Crippen LogP contribution in [-0.4, -0.2) is 19.6 Å². The van der Waals surface area contributed by atoms with E-state index in [0.717, 1.165) is 29.8 Å². The van der Waals surface area contributed by atoms with Crippen LogP contribution in [0.4, 0.5) is 10.1 Å². The molecule has 0 radical (unpaired) electrons. The Bertz CT molecular complexity index is 588. The molecule has 2 aromatic rings. The molecule has 2 nitrogen and oxygen atoms in total. The van der Waals surface area contributed by atoms with Gasteiger partial charge in [0.1, 0.15) is 5.82 Å². The van der Waals surface area contributed by atoms with E-state index < -0.39 is 0 Å². The third kappa shape index (κ3) is 2.72. The van der Waals surface area contributed by atoms with Gasteiger partial charge in [0, 0.05) is 24.1 Å². The number of halogens is 2. The first-order chi connectivity index (χ1) is 9.75. The van der Waals surface area contributed by atoms with Gasteiger partial charge in [0.2, 0.25) is 0 Å². The SMILES string of the molecule is Fc1ccc(N2CCNCC2c2ccccc2)c(Br)c1. The summed E-state index contributed by atoms with van der Waals surface area (Å²) in [6, 6.07) is 15.6. The minimum atomic E-state index is -0.216. The maximum Gasteiger partial charge on any atom is 0.124 e. The van der Waals surface area contributed by atoms with Gasteiger partial charge in [0.15, 0.2) is 0 Å². The molecule has 1 fully saturated rings. The van der Waals surface area contributed by atoms with E-state index in [2.05, 4.69) is 50.4 Å². The summed E-state index contributed by atoms with van der Waals surface area (Å²) in [5.74, 6) is -0.216. The molecule has 1 unspecified atom stereocenters. The lowest BCUT2D eigenvalue weighted by Gasteiger charge is -2.38. The van der Waals surface area contributed by atoms with Gasteiger partial charge in [0.05, 0.1) is 11.7 Å². The zero-order chi connectivity index (χ0) is 13.9. The lowest BCUT2D eigenvalue weighted by Crippen LogP contribution is -2.46. The topological polar surface area (TPSA) is 15.3 Å². The van der Waals surface area contributed by atoms with Gasteiger partial charge >= 0.3 is 0 Å². The highest BCUT2D eigenvalue weighted by Gasteiger charge is 2.25. The van der Waals surface area contributed by atoms with E-state index in [4.69, 9.17) is 0 Å². The molecular weight excluding hydrogens is 319 g/mol. The predicted octanol–water partition coefficient (Wildman–Crippen LogP) is 3.74. The Kier molecular flexibility index (Phi) is 4.03. The van der Waals surface area contributed by atoms with Gasteiger partial charge in [-0.2, -0.15) is 0 Å². The third-order valence-corrected chi connectivity index (χ3v) is 4.28. The van der Waals surface area contributed by atoms with Crippen LogP contribution in [0.3, 0.4) is 0 Å². The van der Waals surface area contributed by atoms with Gasteiger partial charge in [-0.1, -0.05) is 30.3 Å². The lowest BCUT2D eigenvalue weighted by atomic mass is 10.0. The van der Waals surface area contributed by atoms with Crippen molar-refractivity contribution in [3.63, 3.8) is 0 Å². The first-order valence-electron chi connectivity index (χ1n) is 6.73. The second-order valence-electron chi connectivity index (χ2n) is 4.92. The fourth-order valence-corrected chi connectivity index (χ4v) is 3.26. The van der Waals surface area contributed by atoms with Crippen molar-refractivity contribution in [2.45, 2.75) is 6.04 Å². The summed E-state index contributed by atoms with van der Waals surface area (Å²) >= 11 is 3.48. The Hall–Kier alpha value is -1.39. The number of rotatable bonds is 2. The minimum absolute atomic E-state index is 0.216. The fourth-order valence-electron chi connectivity index (χ4n) is 2.68. The van der Waals surface area contributed by atoms with Gasteiger partial charge in [-0.15, -0.1) is 0 Å². The van der Waals surface area contributed by atoms with Crippen LogP contribution in [0.25, 0.3) is 0 Å². The number of hydrogen-bond acceptors (Lipinski definition) is 2. The molecule has 1 atom stereocenters. The number of piperazine rings is 1. The van der Waals surface area contributed by atoms with Crippen molar-refractivity contribution < 1.29 is 4.39 Å². The highest BCUT2D eigenvalue weighted by atomic mass is 79.9. The molecule has 0 saturated carbocycles. The van der Waals surface area contributed by atoms with Crippen molar-refractivity contribution in [1.82, 2.24) is 5.32 Å². The van der Waals surface area contributed by atoms with Crippen molar-refractivity contribution in [1.29, 1.82) is 0 Å². The molecule has 1 aliphatic rings.